The molecule has 6 heteroatoms. The van der Waals surface area contributed by atoms with Gasteiger partial charge in [-0.2, -0.15) is 13.2 Å². The maximum Gasteiger partial charge on any atom is 0.417 e. The molecule has 3 rings (SSSR count). The summed E-state index contributed by atoms with van der Waals surface area (Å²) in [5, 5.41) is 0. The van der Waals surface area contributed by atoms with Crippen LogP contribution in [-0.4, -0.2) is 9.97 Å². The van der Waals surface area contributed by atoms with Gasteiger partial charge in [0.05, 0.1) is 16.6 Å². The number of nitrogens with zero attached hydrogens (tertiary/aromatic N) is 1. The van der Waals surface area contributed by atoms with E-state index < -0.39 is 11.7 Å². The van der Waals surface area contributed by atoms with Crippen molar-refractivity contribution in [3.8, 4) is 11.4 Å². The van der Waals surface area contributed by atoms with Crippen LogP contribution in [0.5, 0.6) is 0 Å². The number of benzene rings is 2. The van der Waals surface area contributed by atoms with E-state index in [1.165, 1.54) is 6.07 Å². The number of aromatic amines is 1. The summed E-state index contributed by atoms with van der Waals surface area (Å²) >= 11 is 1.71. The van der Waals surface area contributed by atoms with Gasteiger partial charge >= 0.3 is 6.18 Å². The third-order valence-electron chi connectivity index (χ3n) is 2.95. The Hall–Kier alpha value is -1.57. The van der Waals surface area contributed by atoms with E-state index in [-0.39, 0.29) is 3.57 Å². The standard InChI is InChI=1S/C14H8F3IN2/c15-14(16,17)9-5-3-4-8(12(9)18)13-19-10-6-1-2-7-11(10)20-13/h1-7H,(H,19,20). The van der Waals surface area contributed by atoms with Crippen molar-refractivity contribution in [3.63, 3.8) is 0 Å². The number of para-hydroxylation sites is 2. The number of hydrogen-bond donors (Lipinski definition) is 1. The molecule has 1 aromatic heterocycles. The Morgan fingerprint density at radius 2 is 1.75 bits per heavy atom. The normalized spacial score (nSPS) is 12.0. The fraction of sp³-hybridized carbons (Fsp3) is 0.0714. The van der Waals surface area contributed by atoms with Crippen molar-refractivity contribution in [2.24, 2.45) is 0 Å². The number of aromatic nitrogens is 2. The molecule has 0 aliphatic rings. The van der Waals surface area contributed by atoms with E-state index in [1.54, 1.807) is 28.7 Å². The Kier molecular flexibility index (Phi) is 3.19. The van der Waals surface area contributed by atoms with Gasteiger partial charge in [-0.15, -0.1) is 0 Å². The van der Waals surface area contributed by atoms with E-state index in [2.05, 4.69) is 9.97 Å². The average Bonchev–Trinajstić information content (AvgIpc) is 2.81. The Morgan fingerprint density at radius 3 is 2.45 bits per heavy atom. The minimum Gasteiger partial charge on any atom is -0.338 e. The molecule has 1 N–H and O–H groups in total. The van der Waals surface area contributed by atoms with Crippen molar-refractivity contribution in [2.75, 3.05) is 0 Å². The maximum absolute atomic E-state index is 12.9. The van der Waals surface area contributed by atoms with Gasteiger partial charge in [0, 0.05) is 9.13 Å². The molecule has 0 fully saturated rings. The second-order valence-corrected chi connectivity index (χ2v) is 5.35. The summed E-state index contributed by atoms with van der Waals surface area (Å²) < 4.78 is 38.9. The Labute approximate surface area is 126 Å². The third-order valence-corrected chi connectivity index (χ3v) is 4.11. The van der Waals surface area contributed by atoms with E-state index in [0.29, 0.717) is 11.4 Å². The number of imidazole rings is 1. The first-order valence-electron chi connectivity index (χ1n) is 5.77. The van der Waals surface area contributed by atoms with Gasteiger partial charge in [0.15, 0.2) is 0 Å². The van der Waals surface area contributed by atoms with Crippen LogP contribution in [0.4, 0.5) is 13.2 Å². The highest BCUT2D eigenvalue weighted by Gasteiger charge is 2.33. The fourth-order valence-electron chi connectivity index (χ4n) is 2.01. The second kappa shape index (κ2) is 4.76. The zero-order chi connectivity index (χ0) is 14.3. The number of nitrogens with one attached hydrogen (secondary N) is 1. The molecule has 2 aromatic carbocycles. The van der Waals surface area contributed by atoms with Gasteiger partial charge in [-0.1, -0.05) is 24.3 Å². The molecule has 0 atom stereocenters. The summed E-state index contributed by atoms with van der Waals surface area (Å²) in [6, 6.07) is 11.4. The molecular formula is C14H8F3IN2. The predicted octanol–water partition coefficient (Wildman–Crippen LogP) is 4.85. The van der Waals surface area contributed by atoms with E-state index >= 15 is 0 Å². The van der Waals surface area contributed by atoms with E-state index in [9.17, 15) is 13.2 Å². The molecule has 0 radical (unpaired) electrons. The van der Waals surface area contributed by atoms with Crippen molar-refractivity contribution < 1.29 is 13.2 Å². The van der Waals surface area contributed by atoms with Crippen molar-refractivity contribution in [1.82, 2.24) is 9.97 Å². The molecule has 0 aliphatic heterocycles. The molecule has 0 aliphatic carbocycles. The van der Waals surface area contributed by atoms with Crippen LogP contribution in [0.15, 0.2) is 42.5 Å². The minimum atomic E-state index is -4.36. The van der Waals surface area contributed by atoms with Crippen LogP contribution < -0.4 is 0 Å². The molecule has 20 heavy (non-hydrogen) atoms. The van der Waals surface area contributed by atoms with Crippen LogP contribution >= 0.6 is 22.6 Å². The van der Waals surface area contributed by atoms with Gasteiger partial charge in [0.1, 0.15) is 5.82 Å². The van der Waals surface area contributed by atoms with Crippen LogP contribution in [0.3, 0.4) is 0 Å². The summed E-state index contributed by atoms with van der Waals surface area (Å²) in [7, 11) is 0. The van der Waals surface area contributed by atoms with Gasteiger partial charge in [-0.25, -0.2) is 4.98 Å². The second-order valence-electron chi connectivity index (χ2n) is 4.27. The molecule has 0 saturated heterocycles. The molecule has 2 nitrogen and oxygen atoms in total. The number of H-pyrrole nitrogens is 1. The Balaban J connectivity index is 2.19. The zero-order valence-corrected chi connectivity index (χ0v) is 12.2. The minimum absolute atomic E-state index is 0.150. The van der Waals surface area contributed by atoms with E-state index in [4.69, 9.17) is 0 Å². The lowest BCUT2D eigenvalue weighted by Gasteiger charge is -2.11. The first-order chi connectivity index (χ1) is 9.47. The SMILES string of the molecule is FC(F)(F)c1cccc(-c2nc3ccccc3[nH]2)c1I. The highest BCUT2D eigenvalue weighted by atomic mass is 127. The fourth-order valence-corrected chi connectivity index (χ4v) is 2.93. The number of rotatable bonds is 1. The summed E-state index contributed by atoms with van der Waals surface area (Å²) in [4.78, 5) is 7.39. The van der Waals surface area contributed by atoms with Crippen LogP contribution in [0.1, 0.15) is 5.56 Å². The van der Waals surface area contributed by atoms with Crippen LogP contribution in [-0.2, 0) is 6.18 Å². The number of halogens is 4. The average molecular weight is 388 g/mol. The zero-order valence-electron chi connectivity index (χ0n) is 10.0. The molecule has 102 valence electrons. The number of alkyl halides is 3. The largest absolute Gasteiger partial charge is 0.417 e. The van der Waals surface area contributed by atoms with Crippen molar-refractivity contribution in [1.29, 1.82) is 0 Å². The lowest BCUT2D eigenvalue weighted by molar-refractivity contribution is -0.138. The van der Waals surface area contributed by atoms with Crippen LogP contribution in [0.25, 0.3) is 22.4 Å². The maximum atomic E-state index is 12.9. The summed E-state index contributed by atoms with van der Waals surface area (Å²) in [5.74, 6) is 0.446. The van der Waals surface area contributed by atoms with Gasteiger partial charge in [-0.3, -0.25) is 0 Å². The topological polar surface area (TPSA) is 28.7 Å². The molecule has 0 bridgehead atoms. The lowest BCUT2D eigenvalue weighted by atomic mass is 10.1. The molecule has 0 amide bonds. The Morgan fingerprint density at radius 1 is 1.00 bits per heavy atom. The number of fused-ring (bicyclic) bond motifs is 1. The van der Waals surface area contributed by atoms with Crippen molar-refractivity contribution in [3.05, 3.63) is 51.6 Å². The molecule has 1 heterocycles. The van der Waals surface area contributed by atoms with Crippen LogP contribution in [0, 0.1) is 3.57 Å². The van der Waals surface area contributed by atoms with Gasteiger partial charge < -0.3 is 4.98 Å². The number of hydrogen-bond acceptors (Lipinski definition) is 1. The van der Waals surface area contributed by atoms with Crippen molar-refractivity contribution >= 4 is 33.6 Å². The van der Waals surface area contributed by atoms with E-state index in [1.807, 2.05) is 24.3 Å². The lowest BCUT2D eigenvalue weighted by Crippen LogP contribution is -2.08. The smallest absolute Gasteiger partial charge is 0.338 e. The third kappa shape index (κ3) is 2.28. The van der Waals surface area contributed by atoms with Gasteiger partial charge in [0.2, 0.25) is 0 Å². The van der Waals surface area contributed by atoms with E-state index in [0.717, 1.165) is 17.1 Å². The molecule has 0 saturated carbocycles. The quantitative estimate of drug-likeness (QED) is 0.593. The van der Waals surface area contributed by atoms with Crippen LogP contribution in [0.2, 0.25) is 0 Å². The highest BCUT2D eigenvalue weighted by molar-refractivity contribution is 14.1. The Bertz CT molecular complexity index is 744. The highest BCUT2D eigenvalue weighted by Crippen LogP contribution is 2.37. The summed E-state index contributed by atoms with van der Waals surface area (Å²) in [5.41, 5.74) is 1.35. The van der Waals surface area contributed by atoms with Gasteiger partial charge in [-0.05, 0) is 40.8 Å². The summed E-state index contributed by atoms with van der Waals surface area (Å²) in [6.45, 7) is 0. The molecule has 3 aromatic rings. The monoisotopic (exact) mass is 388 g/mol. The summed E-state index contributed by atoms with van der Waals surface area (Å²) in [6.07, 6.45) is -4.36. The molecular weight excluding hydrogens is 380 g/mol. The first kappa shape index (κ1) is 13.4. The van der Waals surface area contributed by atoms with Crippen molar-refractivity contribution in [2.45, 2.75) is 6.18 Å². The molecule has 0 unspecified atom stereocenters. The molecule has 0 spiro atoms. The first-order valence-corrected chi connectivity index (χ1v) is 6.85. The van der Waals surface area contributed by atoms with Gasteiger partial charge in [0.25, 0.3) is 0 Å². The predicted molar refractivity (Wildman–Crippen MR) is 79.2 cm³/mol.